The molecule has 98 valence electrons. The maximum Gasteiger partial charge on any atom is 0.217 e. The summed E-state index contributed by atoms with van der Waals surface area (Å²) in [6, 6.07) is 0. The first-order valence-corrected chi connectivity index (χ1v) is 7.80. The van der Waals surface area contributed by atoms with Gasteiger partial charge >= 0.3 is 0 Å². The van der Waals surface area contributed by atoms with Gasteiger partial charge in [0.25, 0.3) is 0 Å². The predicted molar refractivity (Wildman–Crippen MR) is 70.4 cm³/mol. The van der Waals surface area contributed by atoms with Crippen molar-refractivity contribution in [1.29, 1.82) is 0 Å². The highest BCUT2D eigenvalue weighted by molar-refractivity contribution is 7.89. The molecule has 0 N–H and O–H groups in total. The fourth-order valence-corrected chi connectivity index (χ4v) is 3.59. The van der Waals surface area contributed by atoms with Gasteiger partial charge in [-0.15, -0.1) is 11.6 Å². The van der Waals surface area contributed by atoms with E-state index in [1.807, 2.05) is 27.7 Å². The molecule has 0 aromatic heterocycles. The van der Waals surface area contributed by atoms with Gasteiger partial charge in [0, 0.05) is 19.0 Å². The minimum Gasteiger partial charge on any atom is -0.212 e. The Morgan fingerprint density at radius 1 is 1.00 bits per heavy atom. The van der Waals surface area contributed by atoms with Crippen LogP contribution in [0.4, 0.5) is 0 Å². The molecule has 0 fully saturated rings. The maximum absolute atomic E-state index is 12.2. The van der Waals surface area contributed by atoms with Crippen molar-refractivity contribution in [2.75, 3.05) is 19.0 Å². The number of sulfonamides is 1. The van der Waals surface area contributed by atoms with E-state index in [9.17, 15) is 8.42 Å². The Bertz CT molecular complexity index is 278. The molecule has 0 aliphatic carbocycles. The zero-order chi connectivity index (χ0) is 12.9. The molecule has 0 saturated heterocycles. The average molecular weight is 270 g/mol. The SMILES string of the molecule is CC(C)CN(CC(C)C)S(=O)(=O)C(C)CCl. The Morgan fingerprint density at radius 3 is 1.62 bits per heavy atom. The van der Waals surface area contributed by atoms with E-state index >= 15 is 0 Å². The molecule has 0 amide bonds. The fourth-order valence-electron chi connectivity index (χ4n) is 1.43. The summed E-state index contributed by atoms with van der Waals surface area (Å²) in [5, 5.41) is -0.508. The Kier molecular flexibility index (Phi) is 6.90. The summed E-state index contributed by atoms with van der Waals surface area (Å²) < 4.78 is 25.9. The fraction of sp³-hybridized carbons (Fsp3) is 1.00. The molecular weight excluding hydrogens is 246 g/mol. The van der Waals surface area contributed by atoms with Gasteiger partial charge in [-0.25, -0.2) is 12.7 Å². The maximum atomic E-state index is 12.2. The van der Waals surface area contributed by atoms with Crippen LogP contribution < -0.4 is 0 Å². The standard InChI is InChI=1S/C11H24ClNO2S/c1-9(2)7-13(8-10(3)4)16(14,15)11(5)6-12/h9-11H,6-8H2,1-5H3. The molecule has 5 heteroatoms. The van der Waals surface area contributed by atoms with E-state index in [4.69, 9.17) is 11.6 Å². The van der Waals surface area contributed by atoms with E-state index in [2.05, 4.69) is 0 Å². The quantitative estimate of drug-likeness (QED) is 0.666. The highest BCUT2D eigenvalue weighted by atomic mass is 35.5. The van der Waals surface area contributed by atoms with E-state index in [1.165, 1.54) is 0 Å². The molecular formula is C11H24ClNO2S. The van der Waals surface area contributed by atoms with Gasteiger partial charge in [0.15, 0.2) is 0 Å². The first kappa shape index (κ1) is 16.2. The lowest BCUT2D eigenvalue weighted by atomic mass is 10.2. The lowest BCUT2D eigenvalue weighted by Crippen LogP contribution is -2.42. The van der Waals surface area contributed by atoms with Gasteiger partial charge in [-0.2, -0.15) is 0 Å². The zero-order valence-corrected chi connectivity index (χ0v) is 12.5. The summed E-state index contributed by atoms with van der Waals surface area (Å²) in [5.74, 6) is 0.807. The average Bonchev–Trinajstić information content (AvgIpc) is 2.13. The third-order valence-electron chi connectivity index (χ3n) is 2.22. The molecule has 0 rings (SSSR count). The van der Waals surface area contributed by atoms with Crippen molar-refractivity contribution in [3.05, 3.63) is 0 Å². The van der Waals surface area contributed by atoms with Crippen molar-refractivity contribution in [2.45, 2.75) is 39.9 Å². The van der Waals surface area contributed by atoms with Crippen molar-refractivity contribution < 1.29 is 8.42 Å². The van der Waals surface area contributed by atoms with Crippen LogP contribution >= 0.6 is 11.6 Å². The molecule has 0 saturated carbocycles. The second-order valence-corrected chi connectivity index (χ2v) is 7.77. The monoisotopic (exact) mass is 269 g/mol. The Labute approximate surface area is 105 Å². The molecule has 0 aliphatic heterocycles. The van der Waals surface area contributed by atoms with Crippen molar-refractivity contribution in [1.82, 2.24) is 4.31 Å². The smallest absolute Gasteiger partial charge is 0.212 e. The first-order chi connectivity index (χ1) is 7.21. The summed E-state index contributed by atoms with van der Waals surface area (Å²) in [7, 11) is -3.24. The molecule has 1 unspecified atom stereocenters. The number of hydrogen-bond donors (Lipinski definition) is 0. The first-order valence-electron chi connectivity index (χ1n) is 5.76. The minimum atomic E-state index is -3.24. The number of nitrogens with zero attached hydrogens (tertiary/aromatic N) is 1. The number of hydrogen-bond acceptors (Lipinski definition) is 2. The number of halogens is 1. The predicted octanol–water partition coefficient (Wildman–Crippen LogP) is 2.56. The van der Waals surface area contributed by atoms with E-state index in [-0.39, 0.29) is 5.88 Å². The van der Waals surface area contributed by atoms with E-state index < -0.39 is 15.3 Å². The largest absolute Gasteiger partial charge is 0.217 e. The summed E-state index contributed by atoms with van der Waals surface area (Å²) in [6.45, 7) is 10.9. The van der Waals surface area contributed by atoms with E-state index in [1.54, 1.807) is 11.2 Å². The molecule has 3 nitrogen and oxygen atoms in total. The lowest BCUT2D eigenvalue weighted by molar-refractivity contribution is 0.331. The zero-order valence-electron chi connectivity index (χ0n) is 10.9. The third kappa shape index (κ3) is 5.02. The summed E-state index contributed by atoms with van der Waals surface area (Å²) >= 11 is 5.65. The van der Waals surface area contributed by atoms with Crippen LogP contribution in [0.1, 0.15) is 34.6 Å². The van der Waals surface area contributed by atoms with Gasteiger partial charge in [-0.3, -0.25) is 0 Å². The highest BCUT2D eigenvalue weighted by Gasteiger charge is 2.28. The third-order valence-corrected chi connectivity index (χ3v) is 5.07. The summed E-state index contributed by atoms with van der Waals surface area (Å²) in [6.07, 6.45) is 0. The molecule has 0 aliphatic rings. The normalized spacial score (nSPS) is 15.1. The summed E-state index contributed by atoms with van der Waals surface area (Å²) in [4.78, 5) is 0. The van der Waals surface area contributed by atoms with E-state index in [0.717, 1.165) is 0 Å². The van der Waals surface area contributed by atoms with Crippen LogP contribution in [0.2, 0.25) is 0 Å². The molecule has 0 bridgehead atoms. The van der Waals surface area contributed by atoms with Gasteiger partial charge in [-0.1, -0.05) is 27.7 Å². The molecule has 0 spiro atoms. The van der Waals surface area contributed by atoms with Gasteiger partial charge in [-0.05, 0) is 18.8 Å². The van der Waals surface area contributed by atoms with Crippen LogP contribution in [0.15, 0.2) is 0 Å². The topological polar surface area (TPSA) is 37.4 Å². The second kappa shape index (κ2) is 6.82. The molecule has 16 heavy (non-hydrogen) atoms. The second-order valence-electron chi connectivity index (χ2n) is 5.11. The van der Waals surface area contributed by atoms with Crippen LogP contribution in [-0.2, 0) is 10.0 Å². The number of alkyl halides is 1. The lowest BCUT2D eigenvalue weighted by Gasteiger charge is -2.27. The van der Waals surface area contributed by atoms with Gasteiger partial charge < -0.3 is 0 Å². The van der Waals surface area contributed by atoms with Crippen molar-refractivity contribution in [2.24, 2.45) is 11.8 Å². The highest BCUT2D eigenvalue weighted by Crippen LogP contribution is 2.15. The van der Waals surface area contributed by atoms with Crippen LogP contribution in [-0.4, -0.2) is 36.9 Å². The van der Waals surface area contributed by atoms with Crippen molar-refractivity contribution in [3.63, 3.8) is 0 Å². The molecule has 1 atom stereocenters. The minimum absolute atomic E-state index is 0.148. The molecule has 0 heterocycles. The van der Waals surface area contributed by atoms with Crippen LogP contribution in [0.5, 0.6) is 0 Å². The van der Waals surface area contributed by atoms with E-state index in [0.29, 0.717) is 24.9 Å². The van der Waals surface area contributed by atoms with Crippen molar-refractivity contribution in [3.8, 4) is 0 Å². The summed E-state index contributed by atoms with van der Waals surface area (Å²) in [5.41, 5.74) is 0. The Balaban J connectivity index is 4.87. The van der Waals surface area contributed by atoms with Gasteiger partial charge in [0.1, 0.15) is 0 Å². The number of rotatable bonds is 7. The Morgan fingerprint density at radius 2 is 1.38 bits per heavy atom. The van der Waals surface area contributed by atoms with Gasteiger partial charge in [0.05, 0.1) is 5.25 Å². The van der Waals surface area contributed by atoms with Crippen LogP contribution in [0.25, 0.3) is 0 Å². The van der Waals surface area contributed by atoms with Crippen LogP contribution in [0, 0.1) is 11.8 Å². The van der Waals surface area contributed by atoms with Crippen LogP contribution in [0.3, 0.4) is 0 Å². The molecule has 0 aromatic rings. The Hall–Kier alpha value is 0.200. The van der Waals surface area contributed by atoms with Gasteiger partial charge in [0.2, 0.25) is 10.0 Å². The molecule has 0 aromatic carbocycles. The van der Waals surface area contributed by atoms with Crippen molar-refractivity contribution >= 4 is 21.6 Å². The molecule has 0 radical (unpaired) electrons.